The van der Waals surface area contributed by atoms with Gasteiger partial charge in [-0.2, -0.15) is 0 Å². The van der Waals surface area contributed by atoms with Crippen LogP contribution in [0.5, 0.6) is 0 Å². The van der Waals surface area contributed by atoms with Crippen LogP contribution in [0.25, 0.3) is 0 Å². The van der Waals surface area contributed by atoms with Crippen molar-refractivity contribution in [2.24, 2.45) is 11.7 Å². The molecule has 3 rings (SSSR count). The highest BCUT2D eigenvalue weighted by atomic mass is 35.5. The molecule has 1 aliphatic carbocycles. The van der Waals surface area contributed by atoms with Crippen LogP contribution in [0.1, 0.15) is 43.4 Å². The number of carbonyl (C=O) groups is 1. The van der Waals surface area contributed by atoms with E-state index in [9.17, 15) is 9.18 Å². The maximum Gasteiger partial charge on any atom is 0.249 e. The molecule has 1 heterocycles. The molecule has 0 aromatic heterocycles. The van der Waals surface area contributed by atoms with Gasteiger partial charge in [-0.1, -0.05) is 19.1 Å². The number of rotatable bonds is 3. The predicted molar refractivity (Wildman–Crippen MR) is 89.0 cm³/mol. The monoisotopic (exact) mass is 342 g/mol. The zero-order valence-corrected chi connectivity index (χ0v) is 14.1. The van der Waals surface area contributed by atoms with E-state index in [2.05, 4.69) is 12.2 Å². The zero-order valence-electron chi connectivity index (χ0n) is 13.3. The van der Waals surface area contributed by atoms with Crippen LogP contribution in [0.4, 0.5) is 4.39 Å². The number of hydrogen-bond acceptors (Lipinski definition) is 3. The second-order valence-corrected chi connectivity index (χ2v) is 6.37. The maximum absolute atomic E-state index is 14.0. The van der Waals surface area contributed by atoms with Gasteiger partial charge in [0, 0.05) is 6.54 Å². The van der Waals surface area contributed by atoms with Gasteiger partial charge in [-0.3, -0.25) is 4.79 Å². The number of ether oxygens (including phenoxy) is 1. The average Bonchev–Trinajstić information content (AvgIpc) is 2.99. The first kappa shape index (κ1) is 18.2. The van der Waals surface area contributed by atoms with Crippen LogP contribution in [0, 0.1) is 11.7 Å². The van der Waals surface area contributed by atoms with Crippen molar-refractivity contribution in [1.82, 2.24) is 5.32 Å². The van der Waals surface area contributed by atoms with Gasteiger partial charge in [0.2, 0.25) is 5.91 Å². The van der Waals surface area contributed by atoms with Crippen molar-refractivity contribution in [3.05, 3.63) is 35.1 Å². The molecule has 0 radical (unpaired) electrons. The number of carbonyl (C=O) groups excluding carboxylic acids is 1. The Bertz CT molecular complexity index is 570. The lowest BCUT2D eigenvalue weighted by Gasteiger charge is -2.33. The first-order valence-electron chi connectivity index (χ1n) is 8.03. The summed E-state index contributed by atoms with van der Waals surface area (Å²) in [4.78, 5) is 12.4. The molecule has 0 spiro atoms. The molecule has 2 unspecified atom stereocenters. The van der Waals surface area contributed by atoms with Crippen molar-refractivity contribution in [3.8, 4) is 0 Å². The number of halogens is 2. The van der Waals surface area contributed by atoms with Crippen molar-refractivity contribution >= 4 is 18.3 Å². The Morgan fingerprint density at radius 3 is 2.87 bits per heavy atom. The molecule has 4 nitrogen and oxygen atoms in total. The largest absolute Gasteiger partial charge is 0.364 e. The maximum atomic E-state index is 14.0. The molecule has 1 aliphatic heterocycles. The van der Waals surface area contributed by atoms with Gasteiger partial charge in [-0.25, -0.2) is 4.39 Å². The van der Waals surface area contributed by atoms with Gasteiger partial charge in [0.25, 0.3) is 0 Å². The van der Waals surface area contributed by atoms with Crippen LogP contribution in [-0.2, 0) is 16.0 Å². The number of nitrogens with one attached hydrogen (secondary N) is 1. The number of hydrogen-bond donors (Lipinski definition) is 2. The lowest BCUT2D eigenvalue weighted by molar-refractivity contribution is -0.133. The second-order valence-electron chi connectivity index (χ2n) is 6.37. The normalized spacial score (nSPS) is 29.5. The van der Waals surface area contributed by atoms with Crippen molar-refractivity contribution in [3.63, 3.8) is 0 Å². The molecular weight excluding hydrogens is 319 g/mol. The summed E-state index contributed by atoms with van der Waals surface area (Å²) in [6.45, 7) is 2.54. The fourth-order valence-electron chi connectivity index (χ4n) is 3.51. The van der Waals surface area contributed by atoms with E-state index in [4.69, 9.17) is 10.5 Å². The van der Waals surface area contributed by atoms with Crippen molar-refractivity contribution < 1.29 is 13.9 Å². The Hall–Kier alpha value is -1.17. The summed E-state index contributed by atoms with van der Waals surface area (Å²) in [6.07, 6.45) is 2.66. The van der Waals surface area contributed by atoms with Crippen molar-refractivity contribution in [2.45, 2.75) is 50.9 Å². The smallest absolute Gasteiger partial charge is 0.249 e. The second kappa shape index (κ2) is 7.60. The third-order valence-corrected chi connectivity index (χ3v) is 4.87. The highest BCUT2D eigenvalue weighted by Crippen LogP contribution is 2.35. The molecule has 1 aromatic carbocycles. The topological polar surface area (TPSA) is 64.4 Å². The minimum Gasteiger partial charge on any atom is -0.364 e. The average molecular weight is 343 g/mol. The van der Waals surface area contributed by atoms with Gasteiger partial charge in [0.1, 0.15) is 11.9 Å². The van der Waals surface area contributed by atoms with Gasteiger partial charge < -0.3 is 15.8 Å². The minimum atomic E-state index is -0.431. The highest BCUT2D eigenvalue weighted by Gasteiger charge is 2.34. The van der Waals surface area contributed by atoms with Gasteiger partial charge in [-0.15, -0.1) is 12.4 Å². The van der Waals surface area contributed by atoms with Gasteiger partial charge >= 0.3 is 0 Å². The number of amides is 1. The molecule has 128 valence electrons. The Labute approximate surface area is 142 Å². The molecule has 0 bridgehead atoms. The zero-order chi connectivity index (χ0) is 15.7. The minimum absolute atomic E-state index is 0. The summed E-state index contributed by atoms with van der Waals surface area (Å²) in [5.41, 5.74) is 7.22. The number of nitrogens with two attached hydrogens (primary N) is 1. The van der Waals surface area contributed by atoms with Crippen molar-refractivity contribution in [1.29, 1.82) is 0 Å². The molecule has 6 heteroatoms. The quantitative estimate of drug-likeness (QED) is 0.887. The van der Waals surface area contributed by atoms with E-state index in [-0.39, 0.29) is 42.2 Å². The van der Waals surface area contributed by atoms with E-state index in [0.717, 1.165) is 30.4 Å². The van der Waals surface area contributed by atoms with E-state index in [0.29, 0.717) is 13.0 Å². The van der Waals surface area contributed by atoms with Crippen LogP contribution >= 0.6 is 12.4 Å². The SMILES string of the molecule is CC1CCc2c(F)cccc2C1NC(=O)[C@@H]1CC[C@H](CN)O1.Cl. The van der Waals surface area contributed by atoms with Crippen molar-refractivity contribution in [2.75, 3.05) is 6.54 Å². The molecule has 1 saturated heterocycles. The van der Waals surface area contributed by atoms with Gasteiger partial charge in [0.15, 0.2) is 0 Å². The van der Waals surface area contributed by atoms with Gasteiger partial charge in [0.05, 0.1) is 12.1 Å². The highest BCUT2D eigenvalue weighted by molar-refractivity contribution is 5.85. The summed E-state index contributed by atoms with van der Waals surface area (Å²) >= 11 is 0. The Morgan fingerprint density at radius 2 is 2.17 bits per heavy atom. The molecule has 1 aromatic rings. The van der Waals surface area contributed by atoms with E-state index >= 15 is 0 Å². The van der Waals surface area contributed by atoms with E-state index in [1.807, 2.05) is 6.07 Å². The molecule has 3 N–H and O–H groups in total. The predicted octanol–water partition coefficient (Wildman–Crippen LogP) is 2.49. The first-order chi connectivity index (χ1) is 10.6. The summed E-state index contributed by atoms with van der Waals surface area (Å²) in [6, 6.07) is 4.96. The first-order valence-corrected chi connectivity index (χ1v) is 8.03. The number of fused-ring (bicyclic) bond motifs is 1. The van der Waals surface area contributed by atoms with E-state index in [1.165, 1.54) is 6.07 Å². The lowest BCUT2D eigenvalue weighted by Crippen LogP contribution is -2.41. The molecule has 4 atom stereocenters. The summed E-state index contributed by atoms with van der Waals surface area (Å²) in [7, 11) is 0. The molecule has 1 fully saturated rings. The lowest BCUT2D eigenvalue weighted by atomic mass is 9.80. The van der Waals surface area contributed by atoms with E-state index < -0.39 is 6.10 Å². The van der Waals surface area contributed by atoms with Crippen LogP contribution in [0.15, 0.2) is 18.2 Å². The Morgan fingerprint density at radius 1 is 1.39 bits per heavy atom. The fourth-order valence-corrected chi connectivity index (χ4v) is 3.51. The molecule has 0 saturated carbocycles. The summed E-state index contributed by atoms with van der Waals surface area (Å²) in [5, 5.41) is 3.07. The van der Waals surface area contributed by atoms with Crippen LogP contribution < -0.4 is 11.1 Å². The Kier molecular flexibility index (Phi) is 6.00. The van der Waals surface area contributed by atoms with Crippen LogP contribution in [0.2, 0.25) is 0 Å². The third-order valence-electron chi connectivity index (χ3n) is 4.87. The standard InChI is InChI=1S/C17H23FN2O2.ClH/c1-10-5-7-12-13(3-2-4-14(12)18)16(10)20-17(21)15-8-6-11(9-19)22-15;/h2-4,10-11,15-16H,5-9,19H2,1H3,(H,20,21);1H/t10?,11-,15+,16?;/m1./s1. The number of benzene rings is 1. The molecule has 23 heavy (non-hydrogen) atoms. The summed E-state index contributed by atoms with van der Waals surface area (Å²) < 4.78 is 19.6. The van der Waals surface area contributed by atoms with E-state index in [1.54, 1.807) is 6.07 Å². The molecule has 1 amide bonds. The molecule has 2 aliphatic rings. The molecular formula is C17H24ClFN2O2. The fraction of sp³-hybridized carbons (Fsp3) is 0.588. The van der Waals surface area contributed by atoms with Gasteiger partial charge in [-0.05, 0) is 48.8 Å². The van der Waals surface area contributed by atoms with Crippen LogP contribution in [0.3, 0.4) is 0 Å². The Balaban J connectivity index is 0.00000192. The van der Waals surface area contributed by atoms with Crippen LogP contribution in [-0.4, -0.2) is 24.7 Å². The summed E-state index contributed by atoms with van der Waals surface area (Å²) in [5.74, 6) is -0.00108. The third kappa shape index (κ3) is 3.67.